The third-order valence-electron chi connectivity index (χ3n) is 4.28. The van der Waals surface area contributed by atoms with Gasteiger partial charge in [0.05, 0.1) is 18.7 Å². The van der Waals surface area contributed by atoms with Gasteiger partial charge in [-0.25, -0.2) is 0 Å². The Hall–Kier alpha value is -2.17. The van der Waals surface area contributed by atoms with Crippen LogP contribution in [0.5, 0.6) is 0 Å². The minimum absolute atomic E-state index is 0.0803. The minimum atomic E-state index is -0.167. The molecule has 1 aromatic carbocycles. The van der Waals surface area contributed by atoms with Crippen LogP contribution >= 0.6 is 0 Å². The Labute approximate surface area is 151 Å². The number of hydrogen-bond acceptors (Lipinski definition) is 5. The minimum Gasteiger partial charge on any atom is -0.466 e. The van der Waals surface area contributed by atoms with Crippen molar-refractivity contribution in [3.63, 3.8) is 0 Å². The Balaban J connectivity index is 2.96. The van der Waals surface area contributed by atoms with Gasteiger partial charge in [0.25, 0.3) is 0 Å². The average Bonchev–Trinajstić information content (AvgIpc) is 2.61. The summed E-state index contributed by atoms with van der Waals surface area (Å²) in [5, 5.41) is 3.81. The van der Waals surface area contributed by atoms with Gasteiger partial charge in [0.15, 0.2) is 0 Å². The van der Waals surface area contributed by atoms with Crippen molar-refractivity contribution in [1.29, 1.82) is 0 Å². The molecule has 5 heteroatoms. The van der Waals surface area contributed by atoms with Gasteiger partial charge >= 0.3 is 5.97 Å². The number of esters is 1. The van der Waals surface area contributed by atoms with Crippen LogP contribution < -0.4 is 5.84 Å². The number of hydrogen-bond donors (Lipinski definition) is 1. The highest BCUT2D eigenvalue weighted by Gasteiger charge is 2.18. The van der Waals surface area contributed by atoms with E-state index in [1.54, 1.807) is 6.21 Å². The SMILES string of the molecule is CCN=CC(CCC(CC(=O)OCC)c1ccc(C)c(CC)c1)=NN. The molecule has 0 amide bonds. The molecule has 0 saturated carbocycles. The molecule has 25 heavy (non-hydrogen) atoms. The predicted octanol–water partition coefficient (Wildman–Crippen LogP) is 3.78. The largest absolute Gasteiger partial charge is 0.466 e. The second-order valence-electron chi connectivity index (χ2n) is 6.03. The topological polar surface area (TPSA) is 77.0 Å². The zero-order chi connectivity index (χ0) is 18.7. The van der Waals surface area contributed by atoms with Crippen LogP contribution in [-0.2, 0) is 16.0 Å². The van der Waals surface area contributed by atoms with E-state index in [0.29, 0.717) is 26.0 Å². The fourth-order valence-corrected chi connectivity index (χ4v) is 2.82. The number of aryl methyl sites for hydroxylation is 2. The van der Waals surface area contributed by atoms with Gasteiger partial charge in [0.2, 0.25) is 0 Å². The van der Waals surface area contributed by atoms with E-state index < -0.39 is 0 Å². The van der Waals surface area contributed by atoms with Crippen molar-refractivity contribution < 1.29 is 9.53 Å². The lowest BCUT2D eigenvalue weighted by Gasteiger charge is -2.18. The van der Waals surface area contributed by atoms with Crippen LogP contribution in [0.4, 0.5) is 0 Å². The Kier molecular flexibility index (Phi) is 9.51. The fourth-order valence-electron chi connectivity index (χ4n) is 2.82. The van der Waals surface area contributed by atoms with Crippen molar-refractivity contribution in [3.8, 4) is 0 Å². The molecule has 0 aliphatic rings. The maximum Gasteiger partial charge on any atom is 0.306 e. The number of nitrogens with two attached hydrogens (primary N) is 1. The summed E-state index contributed by atoms with van der Waals surface area (Å²) in [6.45, 7) is 9.15. The molecule has 138 valence electrons. The monoisotopic (exact) mass is 345 g/mol. The second-order valence-corrected chi connectivity index (χ2v) is 6.03. The van der Waals surface area contributed by atoms with Crippen LogP contribution in [0.15, 0.2) is 28.3 Å². The highest BCUT2D eigenvalue weighted by Crippen LogP contribution is 2.28. The Morgan fingerprint density at radius 3 is 2.68 bits per heavy atom. The smallest absolute Gasteiger partial charge is 0.306 e. The molecule has 0 aromatic heterocycles. The first-order valence-electron chi connectivity index (χ1n) is 9.07. The number of nitrogens with zero attached hydrogens (tertiary/aromatic N) is 2. The third-order valence-corrected chi connectivity index (χ3v) is 4.28. The van der Waals surface area contributed by atoms with Crippen LogP contribution in [0.1, 0.15) is 62.6 Å². The number of aliphatic imine (C=N–C) groups is 1. The Bertz CT molecular complexity index is 609. The van der Waals surface area contributed by atoms with Gasteiger partial charge in [0, 0.05) is 12.8 Å². The molecule has 5 nitrogen and oxygen atoms in total. The molecule has 0 radical (unpaired) electrons. The maximum absolute atomic E-state index is 12.0. The number of rotatable bonds is 10. The molecule has 0 saturated heterocycles. The molecule has 0 fully saturated rings. The van der Waals surface area contributed by atoms with Gasteiger partial charge in [-0.2, -0.15) is 5.10 Å². The molecular formula is C20H31N3O2. The molecule has 1 atom stereocenters. The lowest BCUT2D eigenvalue weighted by atomic mass is 9.88. The Morgan fingerprint density at radius 1 is 1.32 bits per heavy atom. The van der Waals surface area contributed by atoms with Gasteiger partial charge in [-0.15, -0.1) is 0 Å². The van der Waals surface area contributed by atoms with E-state index in [9.17, 15) is 4.79 Å². The summed E-state index contributed by atoms with van der Waals surface area (Å²) in [7, 11) is 0. The number of benzene rings is 1. The van der Waals surface area contributed by atoms with Crippen LogP contribution in [0, 0.1) is 6.92 Å². The molecule has 0 bridgehead atoms. The number of carbonyl (C=O) groups excluding carboxylic acids is 1. The highest BCUT2D eigenvalue weighted by atomic mass is 16.5. The zero-order valence-corrected chi connectivity index (χ0v) is 15.9. The van der Waals surface area contributed by atoms with E-state index in [1.807, 2.05) is 13.8 Å². The Morgan fingerprint density at radius 2 is 2.08 bits per heavy atom. The summed E-state index contributed by atoms with van der Waals surface area (Å²) in [6.07, 6.45) is 4.51. The van der Waals surface area contributed by atoms with Gasteiger partial charge in [-0.05, 0) is 62.6 Å². The summed E-state index contributed by atoms with van der Waals surface area (Å²) < 4.78 is 5.15. The molecule has 1 aromatic rings. The summed E-state index contributed by atoms with van der Waals surface area (Å²) in [4.78, 5) is 16.2. The van der Waals surface area contributed by atoms with Crippen LogP contribution in [0.25, 0.3) is 0 Å². The summed E-state index contributed by atoms with van der Waals surface area (Å²) in [5.74, 6) is 5.37. The lowest BCUT2D eigenvalue weighted by Crippen LogP contribution is -2.13. The van der Waals surface area contributed by atoms with Crippen molar-refractivity contribution in [2.24, 2.45) is 15.9 Å². The molecule has 0 aliphatic heterocycles. The third kappa shape index (κ3) is 7.08. The number of carbonyl (C=O) groups is 1. The first-order chi connectivity index (χ1) is 12.0. The van der Waals surface area contributed by atoms with Gasteiger partial charge in [-0.3, -0.25) is 9.79 Å². The van der Waals surface area contributed by atoms with E-state index in [4.69, 9.17) is 10.6 Å². The summed E-state index contributed by atoms with van der Waals surface area (Å²) in [6, 6.07) is 6.44. The molecule has 2 N–H and O–H groups in total. The van der Waals surface area contributed by atoms with Crippen molar-refractivity contribution in [2.75, 3.05) is 13.2 Å². The number of hydrazone groups is 1. The summed E-state index contributed by atoms with van der Waals surface area (Å²) >= 11 is 0. The highest BCUT2D eigenvalue weighted by molar-refractivity contribution is 6.30. The van der Waals surface area contributed by atoms with E-state index >= 15 is 0 Å². The van der Waals surface area contributed by atoms with Gasteiger partial charge < -0.3 is 10.6 Å². The van der Waals surface area contributed by atoms with Crippen molar-refractivity contribution in [3.05, 3.63) is 34.9 Å². The molecule has 1 unspecified atom stereocenters. The molecule has 0 aliphatic carbocycles. The number of ether oxygens (including phenoxy) is 1. The van der Waals surface area contributed by atoms with Crippen molar-refractivity contribution >= 4 is 17.9 Å². The first-order valence-corrected chi connectivity index (χ1v) is 9.07. The molecule has 1 rings (SSSR count). The van der Waals surface area contributed by atoms with Crippen LogP contribution in [-0.4, -0.2) is 31.0 Å². The molecule has 0 heterocycles. The van der Waals surface area contributed by atoms with E-state index in [1.165, 1.54) is 16.7 Å². The lowest BCUT2D eigenvalue weighted by molar-refractivity contribution is -0.143. The van der Waals surface area contributed by atoms with E-state index in [-0.39, 0.29) is 11.9 Å². The summed E-state index contributed by atoms with van der Waals surface area (Å²) in [5.41, 5.74) is 4.50. The van der Waals surface area contributed by atoms with Gasteiger partial charge in [-0.1, -0.05) is 25.1 Å². The zero-order valence-electron chi connectivity index (χ0n) is 15.9. The second kappa shape index (κ2) is 11.4. The first kappa shape index (κ1) is 20.9. The van der Waals surface area contributed by atoms with Crippen LogP contribution in [0.3, 0.4) is 0 Å². The van der Waals surface area contributed by atoms with E-state index in [2.05, 4.69) is 42.1 Å². The standard InChI is InChI=1S/C20H31N3O2/c1-5-16-12-17(9-8-15(16)4)18(13-20(24)25-7-3)10-11-19(23-21)14-22-6-2/h8-9,12,14,18H,5-7,10-11,13,21H2,1-4H3. The maximum atomic E-state index is 12.0. The molecular weight excluding hydrogens is 314 g/mol. The molecule has 0 spiro atoms. The fraction of sp³-hybridized carbons (Fsp3) is 0.550. The average molecular weight is 345 g/mol. The predicted molar refractivity (Wildman–Crippen MR) is 104 cm³/mol. The van der Waals surface area contributed by atoms with Gasteiger partial charge in [0.1, 0.15) is 0 Å². The van der Waals surface area contributed by atoms with E-state index in [0.717, 1.165) is 18.6 Å². The quantitative estimate of drug-likeness (QED) is 0.303. The normalized spacial score (nSPS) is 13.2. The van der Waals surface area contributed by atoms with Crippen molar-refractivity contribution in [1.82, 2.24) is 0 Å². The van der Waals surface area contributed by atoms with Crippen molar-refractivity contribution in [2.45, 2.75) is 59.3 Å². The van der Waals surface area contributed by atoms with Crippen LogP contribution in [0.2, 0.25) is 0 Å².